The Morgan fingerprint density at radius 1 is 0.971 bits per heavy atom. The van der Waals surface area contributed by atoms with Gasteiger partial charge in [0.2, 0.25) is 11.3 Å². The van der Waals surface area contributed by atoms with Crippen molar-refractivity contribution in [3.05, 3.63) is 100.0 Å². The van der Waals surface area contributed by atoms with Crippen molar-refractivity contribution in [2.24, 2.45) is 5.41 Å². The minimum Gasteiger partial charge on any atom is -0.502 e. The van der Waals surface area contributed by atoms with Gasteiger partial charge in [-0.15, -0.1) is 0 Å². The smallest absolute Gasteiger partial charge is 0.277 e. The number of hydrogen-bond acceptors (Lipinski definition) is 5. The molecule has 0 atom stereocenters. The molecule has 2 amide bonds. The normalized spacial score (nSPS) is 13.7. The van der Waals surface area contributed by atoms with Crippen molar-refractivity contribution in [1.29, 1.82) is 0 Å². The molecule has 8 nitrogen and oxygen atoms in total. The van der Waals surface area contributed by atoms with E-state index in [9.17, 15) is 19.5 Å². The van der Waals surface area contributed by atoms with E-state index in [2.05, 4.69) is 5.32 Å². The van der Waals surface area contributed by atoms with Crippen LogP contribution in [0.4, 0.5) is 0 Å². The summed E-state index contributed by atoms with van der Waals surface area (Å²) in [5.41, 5.74) is 0.699. The standard InChI is InChI=1S/C27H30N4O4/c1-27(2,3)26(35)28-15-17-29-18-31(30-16-14-21(32)24(33)23(30)25(29)34)22(19-10-6-4-7-11-19)20-12-8-5-9-13-20/h4-14,16,22,33H,15,17-18H2,1-3H3,(H,28,35). The molecule has 0 radical (unpaired) electrons. The maximum atomic E-state index is 13.4. The zero-order chi connectivity index (χ0) is 25.2. The molecule has 182 valence electrons. The number of rotatable bonds is 6. The van der Waals surface area contributed by atoms with Gasteiger partial charge in [-0.05, 0) is 11.1 Å². The molecule has 8 heteroatoms. The number of aromatic hydroxyl groups is 1. The Hall–Kier alpha value is -4.07. The fourth-order valence-corrected chi connectivity index (χ4v) is 4.14. The van der Waals surface area contributed by atoms with E-state index in [4.69, 9.17) is 0 Å². The van der Waals surface area contributed by atoms with Crippen molar-refractivity contribution in [2.45, 2.75) is 26.8 Å². The first kappa shape index (κ1) is 24.1. The van der Waals surface area contributed by atoms with Crippen LogP contribution in [-0.2, 0) is 4.79 Å². The summed E-state index contributed by atoms with van der Waals surface area (Å²) in [4.78, 5) is 39.5. The molecule has 0 aliphatic carbocycles. The van der Waals surface area contributed by atoms with Crippen LogP contribution in [0, 0.1) is 5.41 Å². The maximum Gasteiger partial charge on any atom is 0.277 e. The van der Waals surface area contributed by atoms with Crippen LogP contribution in [0.2, 0.25) is 0 Å². The monoisotopic (exact) mass is 474 g/mol. The van der Waals surface area contributed by atoms with Crippen molar-refractivity contribution in [3.8, 4) is 5.75 Å². The predicted octanol–water partition coefficient (Wildman–Crippen LogP) is 2.86. The lowest BCUT2D eigenvalue weighted by Crippen LogP contribution is -2.56. The number of nitrogens with one attached hydrogen (secondary N) is 1. The third-order valence-electron chi connectivity index (χ3n) is 6.01. The van der Waals surface area contributed by atoms with Crippen LogP contribution < -0.4 is 15.8 Å². The predicted molar refractivity (Wildman–Crippen MR) is 134 cm³/mol. The van der Waals surface area contributed by atoms with Crippen molar-refractivity contribution in [3.63, 3.8) is 0 Å². The fraction of sp³-hybridized carbons (Fsp3) is 0.296. The second kappa shape index (κ2) is 9.66. The first-order valence-corrected chi connectivity index (χ1v) is 11.6. The lowest BCUT2D eigenvalue weighted by Gasteiger charge is -2.44. The molecule has 2 heterocycles. The highest BCUT2D eigenvalue weighted by molar-refractivity contribution is 5.96. The minimum absolute atomic E-state index is 0.0947. The minimum atomic E-state index is -0.622. The van der Waals surface area contributed by atoms with Crippen molar-refractivity contribution >= 4 is 11.8 Å². The zero-order valence-electron chi connectivity index (χ0n) is 20.1. The Morgan fingerprint density at radius 2 is 1.54 bits per heavy atom. The maximum absolute atomic E-state index is 13.4. The summed E-state index contributed by atoms with van der Waals surface area (Å²) in [7, 11) is 0. The first-order valence-electron chi connectivity index (χ1n) is 11.6. The third kappa shape index (κ3) is 4.91. The quantitative estimate of drug-likeness (QED) is 0.573. The first-order chi connectivity index (χ1) is 16.7. The van der Waals surface area contributed by atoms with Gasteiger partial charge in [-0.25, -0.2) is 0 Å². The topological polar surface area (TPSA) is 94.9 Å². The van der Waals surface area contributed by atoms with Gasteiger partial charge in [0.1, 0.15) is 6.67 Å². The number of nitrogens with zero attached hydrogens (tertiary/aromatic N) is 3. The molecule has 1 aliphatic heterocycles. The van der Waals surface area contributed by atoms with Crippen LogP contribution in [0.5, 0.6) is 5.75 Å². The van der Waals surface area contributed by atoms with E-state index in [0.717, 1.165) is 11.1 Å². The number of hydrogen-bond donors (Lipinski definition) is 2. The second-order valence-corrected chi connectivity index (χ2v) is 9.60. The largest absolute Gasteiger partial charge is 0.502 e. The number of fused-ring (bicyclic) bond motifs is 1. The van der Waals surface area contributed by atoms with Gasteiger partial charge in [0.05, 0.1) is 6.04 Å². The van der Waals surface area contributed by atoms with Crippen molar-refractivity contribution in [1.82, 2.24) is 14.9 Å². The van der Waals surface area contributed by atoms with Crippen LogP contribution in [-0.4, -0.2) is 46.3 Å². The summed E-state index contributed by atoms with van der Waals surface area (Å²) in [5.74, 6) is -1.18. The van der Waals surface area contributed by atoms with E-state index < -0.39 is 22.5 Å². The molecule has 0 bridgehead atoms. The van der Waals surface area contributed by atoms with Gasteiger partial charge in [0.15, 0.2) is 11.4 Å². The zero-order valence-corrected chi connectivity index (χ0v) is 20.1. The summed E-state index contributed by atoms with van der Waals surface area (Å²) in [6.07, 6.45) is 1.52. The fourth-order valence-electron chi connectivity index (χ4n) is 4.14. The number of aromatic nitrogens is 1. The van der Waals surface area contributed by atoms with Gasteiger partial charge in [-0.2, -0.15) is 0 Å². The van der Waals surface area contributed by atoms with Crippen molar-refractivity contribution < 1.29 is 14.7 Å². The van der Waals surface area contributed by atoms with Gasteiger partial charge >= 0.3 is 0 Å². The Morgan fingerprint density at radius 3 is 2.09 bits per heavy atom. The molecule has 3 aromatic rings. The molecular weight excluding hydrogens is 444 g/mol. The molecule has 1 aliphatic rings. The van der Waals surface area contributed by atoms with Gasteiger partial charge in [-0.1, -0.05) is 81.4 Å². The van der Waals surface area contributed by atoms with Gasteiger partial charge < -0.3 is 15.3 Å². The van der Waals surface area contributed by atoms with Crippen LogP contribution in [0.25, 0.3) is 0 Å². The van der Waals surface area contributed by atoms with Gasteiger partial charge in [-0.3, -0.25) is 24.1 Å². The molecule has 0 saturated carbocycles. The van der Waals surface area contributed by atoms with E-state index in [1.165, 1.54) is 17.2 Å². The summed E-state index contributed by atoms with van der Waals surface area (Å²) < 4.78 is 1.56. The van der Waals surface area contributed by atoms with Crippen LogP contribution in [0.3, 0.4) is 0 Å². The Bertz CT molecular complexity index is 1230. The molecule has 2 N–H and O–H groups in total. The molecule has 35 heavy (non-hydrogen) atoms. The lowest BCUT2D eigenvalue weighted by atomic mass is 9.96. The highest BCUT2D eigenvalue weighted by Gasteiger charge is 2.36. The van der Waals surface area contributed by atoms with E-state index in [1.807, 2.05) is 86.4 Å². The Kier molecular flexibility index (Phi) is 6.64. The molecule has 0 spiro atoms. The molecule has 0 saturated heterocycles. The van der Waals surface area contributed by atoms with Crippen LogP contribution >= 0.6 is 0 Å². The van der Waals surface area contributed by atoms with Gasteiger partial charge in [0, 0.05) is 30.8 Å². The molecule has 0 fully saturated rings. The molecule has 0 unspecified atom stereocenters. The summed E-state index contributed by atoms with van der Waals surface area (Å²) in [6, 6.07) is 20.6. The number of pyridine rings is 1. The second-order valence-electron chi connectivity index (χ2n) is 9.60. The third-order valence-corrected chi connectivity index (χ3v) is 6.01. The van der Waals surface area contributed by atoms with E-state index >= 15 is 0 Å². The van der Waals surface area contributed by atoms with Crippen molar-refractivity contribution in [2.75, 3.05) is 24.8 Å². The van der Waals surface area contributed by atoms with Crippen LogP contribution in [0.15, 0.2) is 77.7 Å². The van der Waals surface area contributed by atoms with E-state index in [0.29, 0.717) is 0 Å². The molecule has 4 rings (SSSR count). The Labute approximate surface area is 204 Å². The highest BCUT2D eigenvalue weighted by atomic mass is 16.3. The lowest BCUT2D eigenvalue weighted by molar-refractivity contribution is -0.128. The van der Waals surface area contributed by atoms with Crippen LogP contribution in [0.1, 0.15) is 48.4 Å². The SMILES string of the molecule is CC(C)(C)C(=O)NCCN1CN(C(c2ccccc2)c2ccccc2)n2ccc(=O)c(O)c2C1=O. The van der Waals surface area contributed by atoms with Gasteiger partial charge in [0.25, 0.3) is 5.91 Å². The highest BCUT2D eigenvalue weighted by Crippen LogP contribution is 2.31. The molecule has 2 aromatic carbocycles. The summed E-state index contributed by atoms with van der Waals surface area (Å²) in [6.45, 7) is 6.11. The number of carbonyl (C=O) groups excluding carboxylic acids is 2. The number of amides is 2. The average Bonchev–Trinajstić information content (AvgIpc) is 2.84. The molecular formula is C27H30N4O4. The van der Waals surface area contributed by atoms with E-state index in [-0.39, 0.29) is 37.4 Å². The summed E-state index contributed by atoms with van der Waals surface area (Å²) in [5, 5.41) is 15.4. The number of carbonyl (C=O) groups is 2. The summed E-state index contributed by atoms with van der Waals surface area (Å²) >= 11 is 0. The average molecular weight is 475 g/mol. The Balaban J connectivity index is 1.76. The number of benzene rings is 2. The molecule has 1 aromatic heterocycles. The van der Waals surface area contributed by atoms with E-state index in [1.54, 1.807) is 4.68 Å².